The van der Waals surface area contributed by atoms with Gasteiger partial charge < -0.3 is 10.8 Å². The molecule has 1 saturated heterocycles. The highest BCUT2D eigenvalue weighted by Gasteiger charge is 2.31. The normalized spacial score (nSPS) is 24.8. The van der Waals surface area contributed by atoms with E-state index in [0.29, 0.717) is 12.8 Å². The number of piperidine rings is 1. The Hall–Kier alpha value is -0.940. The van der Waals surface area contributed by atoms with E-state index >= 15 is 0 Å². The number of nitrogens with zero attached hydrogens (tertiary/aromatic N) is 1. The maximum absolute atomic E-state index is 11.2. The quantitative estimate of drug-likeness (QED) is 0.494. The zero-order valence-corrected chi connectivity index (χ0v) is 6.69. The van der Waals surface area contributed by atoms with Crippen molar-refractivity contribution in [3.63, 3.8) is 0 Å². The summed E-state index contributed by atoms with van der Waals surface area (Å²) >= 11 is 0. The monoisotopic (exact) mass is 172 g/mol. The summed E-state index contributed by atoms with van der Waals surface area (Å²) < 4.78 is 0. The van der Waals surface area contributed by atoms with Gasteiger partial charge in [-0.05, 0) is 6.42 Å². The summed E-state index contributed by atoms with van der Waals surface area (Å²) in [6.07, 6.45) is 0.715. The molecule has 0 radical (unpaired) electrons. The van der Waals surface area contributed by atoms with Crippen LogP contribution in [-0.2, 0) is 9.59 Å². The molecule has 2 amide bonds. The number of amides is 2. The highest BCUT2D eigenvalue weighted by atomic mass is 16.3. The van der Waals surface area contributed by atoms with E-state index < -0.39 is 6.04 Å². The number of hydrogen-bond acceptors (Lipinski definition) is 4. The van der Waals surface area contributed by atoms with E-state index in [1.807, 2.05) is 0 Å². The lowest BCUT2D eigenvalue weighted by atomic mass is 10.1. The summed E-state index contributed by atoms with van der Waals surface area (Å²) in [4.78, 5) is 23.3. The van der Waals surface area contributed by atoms with Crippen LogP contribution in [0.1, 0.15) is 12.8 Å². The minimum absolute atomic E-state index is 0.0609. The summed E-state index contributed by atoms with van der Waals surface area (Å²) in [5.74, 6) is -0.615. The fourth-order valence-electron chi connectivity index (χ4n) is 1.20. The lowest BCUT2D eigenvalue weighted by Gasteiger charge is -2.27. The third kappa shape index (κ3) is 1.62. The number of aliphatic hydroxyl groups excluding tert-OH is 1. The Labute approximate surface area is 70.1 Å². The number of carbonyl (C=O) groups excluding carboxylic acids is 2. The first-order valence-corrected chi connectivity index (χ1v) is 3.87. The van der Waals surface area contributed by atoms with Crippen molar-refractivity contribution in [2.75, 3.05) is 13.2 Å². The Kier molecular flexibility index (Phi) is 2.78. The molecule has 0 aliphatic carbocycles. The van der Waals surface area contributed by atoms with Crippen LogP contribution in [0.4, 0.5) is 0 Å². The van der Waals surface area contributed by atoms with Gasteiger partial charge in [0.25, 0.3) is 0 Å². The molecule has 0 aromatic heterocycles. The van der Waals surface area contributed by atoms with Gasteiger partial charge in [0.15, 0.2) is 0 Å². The molecule has 0 spiro atoms. The SMILES string of the molecule is N[C@H]1CCC(=O)N(CCO)C1=O. The van der Waals surface area contributed by atoms with Crippen molar-refractivity contribution < 1.29 is 14.7 Å². The standard InChI is InChI=1S/C7H12N2O3/c8-5-1-2-6(11)9(3-4-10)7(5)12/h5,10H,1-4,8H2/t5-/m0/s1. The zero-order valence-electron chi connectivity index (χ0n) is 6.69. The van der Waals surface area contributed by atoms with E-state index in [1.165, 1.54) is 0 Å². The van der Waals surface area contributed by atoms with E-state index in [1.54, 1.807) is 0 Å². The number of hydrogen-bond donors (Lipinski definition) is 2. The summed E-state index contributed by atoms with van der Waals surface area (Å²) in [5, 5.41) is 8.55. The van der Waals surface area contributed by atoms with Crippen molar-refractivity contribution in [1.29, 1.82) is 0 Å². The van der Waals surface area contributed by atoms with Crippen LogP contribution in [0, 0.1) is 0 Å². The Morgan fingerprint density at radius 2 is 2.25 bits per heavy atom. The van der Waals surface area contributed by atoms with Crippen molar-refractivity contribution in [3.8, 4) is 0 Å². The number of likely N-dealkylation sites (tertiary alicyclic amines) is 1. The molecule has 1 fully saturated rings. The van der Waals surface area contributed by atoms with Crippen molar-refractivity contribution in [1.82, 2.24) is 4.90 Å². The molecule has 12 heavy (non-hydrogen) atoms. The zero-order chi connectivity index (χ0) is 9.14. The number of rotatable bonds is 2. The summed E-state index contributed by atoms with van der Waals surface area (Å²) in [5.41, 5.74) is 5.44. The number of β-amino-alcohol motifs (C(OH)–C–C–N with tert-alkyl or cyclic N) is 1. The van der Waals surface area contributed by atoms with Gasteiger partial charge in [0.05, 0.1) is 19.2 Å². The third-order valence-electron chi connectivity index (χ3n) is 1.88. The first-order valence-electron chi connectivity index (χ1n) is 3.87. The molecule has 5 nitrogen and oxygen atoms in total. The number of carbonyl (C=O) groups is 2. The summed E-state index contributed by atoms with van der Waals surface area (Å²) in [6, 6.07) is -0.575. The average molecular weight is 172 g/mol. The molecule has 68 valence electrons. The van der Waals surface area contributed by atoms with Crippen LogP contribution in [-0.4, -0.2) is 41.0 Å². The lowest BCUT2D eigenvalue weighted by molar-refractivity contribution is -0.149. The minimum Gasteiger partial charge on any atom is -0.395 e. The van der Waals surface area contributed by atoms with Gasteiger partial charge in [0, 0.05) is 6.42 Å². The van der Waals surface area contributed by atoms with E-state index in [0.717, 1.165) is 4.90 Å². The summed E-state index contributed by atoms with van der Waals surface area (Å²) in [6.45, 7) is -0.143. The first kappa shape index (κ1) is 9.15. The van der Waals surface area contributed by atoms with Crippen LogP contribution in [0.5, 0.6) is 0 Å². The molecule has 1 atom stereocenters. The molecule has 0 unspecified atom stereocenters. The van der Waals surface area contributed by atoms with Crippen LogP contribution in [0.2, 0.25) is 0 Å². The second-order valence-corrected chi connectivity index (χ2v) is 2.75. The van der Waals surface area contributed by atoms with Gasteiger partial charge in [-0.3, -0.25) is 14.5 Å². The van der Waals surface area contributed by atoms with Gasteiger partial charge in [0.1, 0.15) is 0 Å². The Balaban J connectivity index is 2.65. The second kappa shape index (κ2) is 3.64. The molecule has 0 aromatic rings. The molecule has 0 aromatic carbocycles. The van der Waals surface area contributed by atoms with E-state index in [4.69, 9.17) is 10.8 Å². The van der Waals surface area contributed by atoms with Crippen molar-refractivity contribution >= 4 is 11.8 Å². The fourth-order valence-corrected chi connectivity index (χ4v) is 1.20. The highest BCUT2D eigenvalue weighted by molar-refractivity contribution is 6.00. The third-order valence-corrected chi connectivity index (χ3v) is 1.88. The van der Waals surface area contributed by atoms with Gasteiger partial charge in [-0.25, -0.2) is 0 Å². The molecular weight excluding hydrogens is 160 g/mol. The maximum Gasteiger partial charge on any atom is 0.246 e. The minimum atomic E-state index is -0.575. The topological polar surface area (TPSA) is 83.6 Å². The van der Waals surface area contributed by atoms with Crippen LogP contribution < -0.4 is 5.73 Å². The van der Waals surface area contributed by atoms with Gasteiger partial charge in [-0.15, -0.1) is 0 Å². The molecule has 1 aliphatic heterocycles. The molecular formula is C7H12N2O3. The number of nitrogens with two attached hydrogens (primary N) is 1. The van der Waals surface area contributed by atoms with Crippen molar-refractivity contribution in [2.45, 2.75) is 18.9 Å². The second-order valence-electron chi connectivity index (χ2n) is 2.75. The van der Waals surface area contributed by atoms with E-state index in [2.05, 4.69) is 0 Å². The number of aliphatic hydroxyl groups is 1. The van der Waals surface area contributed by atoms with Crippen molar-refractivity contribution in [3.05, 3.63) is 0 Å². The van der Waals surface area contributed by atoms with Crippen LogP contribution in [0.25, 0.3) is 0 Å². The van der Waals surface area contributed by atoms with Crippen LogP contribution >= 0.6 is 0 Å². The Morgan fingerprint density at radius 3 is 2.83 bits per heavy atom. The van der Waals surface area contributed by atoms with Gasteiger partial charge in [-0.1, -0.05) is 0 Å². The highest BCUT2D eigenvalue weighted by Crippen LogP contribution is 2.10. The van der Waals surface area contributed by atoms with E-state index in [9.17, 15) is 9.59 Å². The smallest absolute Gasteiger partial charge is 0.246 e. The van der Waals surface area contributed by atoms with Crippen molar-refractivity contribution in [2.24, 2.45) is 5.73 Å². The maximum atomic E-state index is 11.2. The molecule has 0 bridgehead atoms. The molecule has 3 N–H and O–H groups in total. The predicted octanol–water partition coefficient (Wildman–Crippen LogP) is -1.54. The van der Waals surface area contributed by atoms with Gasteiger partial charge in [0.2, 0.25) is 11.8 Å². The fraction of sp³-hybridized carbons (Fsp3) is 0.714. The predicted molar refractivity (Wildman–Crippen MR) is 41.0 cm³/mol. The Bertz CT molecular complexity index is 205. The van der Waals surface area contributed by atoms with Gasteiger partial charge >= 0.3 is 0 Å². The van der Waals surface area contributed by atoms with Gasteiger partial charge in [-0.2, -0.15) is 0 Å². The first-order chi connectivity index (χ1) is 5.66. The lowest BCUT2D eigenvalue weighted by Crippen LogP contribution is -2.52. The van der Waals surface area contributed by atoms with Crippen LogP contribution in [0.15, 0.2) is 0 Å². The summed E-state index contributed by atoms with van der Waals surface area (Å²) in [7, 11) is 0. The van der Waals surface area contributed by atoms with E-state index in [-0.39, 0.29) is 25.0 Å². The molecule has 0 saturated carbocycles. The number of imide groups is 1. The Morgan fingerprint density at radius 1 is 1.58 bits per heavy atom. The molecule has 5 heteroatoms. The average Bonchev–Trinajstić information content (AvgIpc) is 2.06. The molecule has 1 aliphatic rings. The largest absolute Gasteiger partial charge is 0.395 e. The molecule has 1 rings (SSSR count). The van der Waals surface area contributed by atoms with Crippen LogP contribution in [0.3, 0.4) is 0 Å². The molecule has 1 heterocycles.